The zero-order chi connectivity index (χ0) is 22.4. The molecule has 0 heterocycles. The minimum Gasteiger partial charge on any atom is -0.324 e. The Morgan fingerprint density at radius 3 is 2.39 bits per heavy atom. The molecule has 3 rings (SSSR count). The van der Waals surface area contributed by atoms with Gasteiger partial charge in [0.1, 0.15) is 6.04 Å². The molecule has 0 aliphatic heterocycles. The molecular weight excluding hydrogens is 396 g/mol. The van der Waals surface area contributed by atoms with Crippen molar-refractivity contribution in [3.63, 3.8) is 0 Å². The second-order valence-electron chi connectivity index (χ2n) is 7.06. The molecule has 1 atom stereocenters. The highest BCUT2D eigenvalue weighted by Crippen LogP contribution is 2.20. The standard InChI is InChI=1S/C23H22N4O4/c1-15-11-12-16(2)20(13-15)24-23(29)21(17-7-4-3-5-8-17)25-26-22(28)18-9-6-10-19(14-18)27(30)31/h3-14,21,25H,1-2H3,(H,24,29)(H,26,28)/t21-/m1/s1. The molecule has 3 aromatic carbocycles. The monoisotopic (exact) mass is 418 g/mol. The molecule has 0 aliphatic rings. The van der Waals surface area contributed by atoms with E-state index in [9.17, 15) is 19.7 Å². The van der Waals surface area contributed by atoms with Gasteiger partial charge in [0.15, 0.2) is 0 Å². The van der Waals surface area contributed by atoms with Gasteiger partial charge in [0.2, 0.25) is 5.91 Å². The summed E-state index contributed by atoms with van der Waals surface area (Å²) in [6.45, 7) is 3.82. The van der Waals surface area contributed by atoms with Gasteiger partial charge in [-0.15, -0.1) is 0 Å². The van der Waals surface area contributed by atoms with Crippen LogP contribution in [0.15, 0.2) is 72.8 Å². The third-order valence-electron chi connectivity index (χ3n) is 4.70. The van der Waals surface area contributed by atoms with Crippen molar-refractivity contribution in [2.45, 2.75) is 19.9 Å². The van der Waals surface area contributed by atoms with Gasteiger partial charge < -0.3 is 5.32 Å². The lowest BCUT2D eigenvalue weighted by molar-refractivity contribution is -0.384. The number of nitrogens with one attached hydrogen (secondary N) is 3. The molecule has 0 fully saturated rings. The molecule has 0 aliphatic carbocycles. The number of carbonyl (C=O) groups excluding carboxylic acids is 2. The molecule has 0 aromatic heterocycles. The average molecular weight is 418 g/mol. The molecule has 3 N–H and O–H groups in total. The minimum absolute atomic E-state index is 0.100. The van der Waals surface area contributed by atoms with Gasteiger partial charge in [-0.05, 0) is 42.7 Å². The van der Waals surface area contributed by atoms with Gasteiger partial charge in [0.25, 0.3) is 11.6 Å². The van der Waals surface area contributed by atoms with E-state index >= 15 is 0 Å². The zero-order valence-electron chi connectivity index (χ0n) is 17.1. The lowest BCUT2D eigenvalue weighted by Crippen LogP contribution is -2.44. The van der Waals surface area contributed by atoms with E-state index in [4.69, 9.17) is 0 Å². The second kappa shape index (κ2) is 9.64. The van der Waals surface area contributed by atoms with E-state index in [2.05, 4.69) is 16.2 Å². The Labute approximate surface area is 179 Å². The maximum atomic E-state index is 13.1. The Morgan fingerprint density at radius 2 is 1.68 bits per heavy atom. The van der Waals surface area contributed by atoms with Gasteiger partial charge in [0, 0.05) is 23.4 Å². The number of nitro benzene ring substituents is 1. The summed E-state index contributed by atoms with van der Waals surface area (Å²) in [5.74, 6) is -0.955. The van der Waals surface area contributed by atoms with E-state index in [-0.39, 0.29) is 17.2 Å². The molecule has 3 aromatic rings. The van der Waals surface area contributed by atoms with Gasteiger partial charge in [-0.25, -0.2) is 5.43 Å². The largest absolute Gasteiger partial charge is 0.324 e. The lowest BCUT2D eigenvalue weighted by Gasteiger charge is -2.20. The van der Waals surface area contributed by atoms with E-state index in [0.29, 0.717) is 11.3 Å². The quantitative estimate of drug-likeness (QED) is 0.399. The van der Waals surface area contributed by atoms with Gasteiger partial charge in [0.05, 0.1) is 4.92 Å². The van der Waals surface area contributed by atoms with Gasteiger partial charge in [-0.3, -0.25) is 25.1 Å². The fourth-order valence-electron chi connectivity index (χ4n) is 2.99. The van der Waals surface area contributed by atoms with E-state index in [1.165, 1.54) is 24.3 Å². The number of amides is 2. The van der Waals surface area contributed by atoms with Crippen LogP contribution in [-0.4, -0.2) is 16.7 Å². The predicted octanol–water partition coefficient (Wildman–Crippen LogP) is 3.83. The summed E-state index contributed by atoms with van der Waals surface area (Å²) in [7, 11) is 0. The van der Waals surface area contributed by atoms with E-state index < -0.39 is 16.9 Å². The molecule has 0 bridgehead atoms. The third-order valence-corrected chi connectivity index (χ3v) is 4.70. The predicted molar refractivity (Wildman–Crippen MR) is 117 cm³/mol. The Bertz CT molecular complexity index is 1120. The van der Waals surface area contributed by atoms with Crippen LogP contribution in [0.25, 0.3) is 0 Å². The number of hydrogen-bond acceptors (Lipinski definition) is 5. The first-order valence-electron chi connectivity index (χ1n) is 9.58. The minimum atomic E-state index is -0.885. The summed E-state index contributed by atoms with van der Waals surface area (Å²) in [6, 6.07) is 19.1. The Balaban J connectivity index is 1.79. The first-order chi connectivity index (χ1) is 14.8. The van der Waals surface area contributed by atoms with Gasteiger partial charge in [-0.2, -0.15) is 0 Å². The molecular formula is C23H22N4O4. The van der Waals surface area contributed by atoms with Crippen molar-refractivity contribution in [1.29, 1.82) is 0 Å². The van der Waals surface area contributed by atoms with Crippen molar-refractivity contribution in [2.24, 2.45) is 0 Å². The Morgan fingerprint density at radius 1 is 0.935 bits per heavy atom. The van der Waals surface area contributed by atoms with Gasteiger partial charge >= 0.3 is 0 Å². The van der Waals surface area contributed by atoms with Crippen LogP contribution >= 0.6 is 0 Å². The molecule has 0 saturated heterocycles. The first-order valence-corrected chi connectivity index (χ1v) is 9.58. The fraction of sp³-hybridized carbons (Fsp3) is 0.130. The first kappa shape index (κ1) is 21.7. The SMILES string of the molecule is Cc1ccc(C)c(NC(=O)[C@H](NNC(=O)c2cccc([N+](=O)[O-])c2)c2ccccc2)c1. The molecule has 31 heavy (non-hydrogen) atoms. The number of rotatable bonds is 7. The highest BCUT2D eigenvalue weighted by molar-refractivity contribution is 5.97. The van der Waals surface area contributed by atoms with Crippen molar-refractivity contribution in [1.82, 2.24) is 10.9 Å². The second-order valence-corrected chi connectivity index (χ2v) is 7.06. The van der Waals surface area contributed by atoms with E-state index in [1.807, 2.05) is 38.1 Å². The van der Waals surface area contributed by atoms with Gasteiger partial charge in [-0.1, -0.05) is 48.5 Å². The molecule has 0 radical (unpaired) electrons. The van der Waals surface area contributed by atoms with Crippen molar-refractivity contribution < 1.29 is 14.5 Å². The number of aryl methyl sites for hydroxylation is 2. The highest BCUT2D eigenvalue weighted by Gasteiger charge is 2.22. The number of hydrogen-bond donors (Lipinski definition) is 3. The van der Waals surface area contributed by atoms with Crippen molar-refractivity contribution in [2.75, 3.05) is 5.32 Å². The number of nitrogens with zero attached hydrogens (tertiary/aromatic N) is 1. The Hall–Kier alpha value is -4.04. The number of anilines is 1. The average Bonchev–Trinajstić information content (AvgIpc) is 2.77. The van der Waals surface area contributed by atoms with E-state index in [1.54, 1.807) is 24.3 Å². The summed E-state index contributed by atoms with van der Waals surface area (Å²) in [5.41, 5.74) is 8.38. The summed E-state index contributed by atoms with van der Waals surface area (Å²) >= 11 is 0. The van der Waals surface area contributed by atoms with Crippen LogP contribution in [-0.2, 0) is 4.79 Å². The zero-order valence-corrected chi connectivity index (χ0v) is 17.1. The fourth-order valence-corrected chi connectivity index (χ4v) is 2.99. The van der Waals surface area contributed by atoms with Crippen LogP contribution in [0.1, 0.15) is 33.1 Å². The number of nitro groups is 1. The molecule has 8 nitrogen and oxygen atoms in total. The van der Waals surface area contributed by atoms with Crippen LogP contribution in [0, 0.1) is 24.0 Å². The molecule has 0 spiro atoms. The summed E-state index contributed by atoms with van der Waals surface area (Å²) in [6.07, 6.45) is 0. The summed E-state index contributed by atoms with van der Waals surface area (Å²) < 4.78 is 0. The normalized spacial score (nSPS) is 11.4. The number of non-ortho nitro benzene ring substituents is 1. The number of benzene rings is 3. The molecule has 0 saturated carbocycles. The van der Waals surface area contributed by atoms with Crippen LogP contribution in [0.4, 0.5) is 11.4 Å². The highest BCUT2D eigenvalue weighted by atomic mass is 16.6. The molecule has 158 valence electrons. The number of carbonyl (C=O) groups is 2. The summed E-state index contributed by atoms with van der Waals surface area (Å²) in [4.78, 5) is 35.9. The Kier molecular flexibility index (Phi) is 6.74. The maximum absolute atomic E-state index is 13.1. The van der Waals surface area contributed by atoms with Crippen LogP contribution in [0.2, 0.25) is 0 Å². The van der Waals surface area contributed by atoms with Crippen molar-refractivity contribution in [3.05, 3.63) is 105 Å². The third kappa shape index (κ3) is 5.52. The summed E-state index contributed by atoms with van der Waals surface area (Å²) in [5, 5.41) is 13.8. The maximum Gasteiger partial charge on any atom is 0.270 e. The number of hydrazine groups is 1. The topological polar surface area (TPSA) is 113 Å². The lowest BCUT2D eigenvalue weighted by atomic mass is 10.1. The molecule has 8 heteroatoms. The molecule has 0 unspecified atom stereocenters. The van der Waals surface area contributed by atoms with Crippen LogP contribution in [0.5, 0.6) is 0 Å². The van der Waals surface area contributed by atoms with Crippen LogP contribution in [0.3, 0.4) is 0 Å². The smallest absolute Gasteiger partial charge is 0.270 e. The van der Waals surface area contributed by atoms with Crippen molar-refractivity contribution in [3.8, 4) is 0 Å². The van der Waals surface area contributed by atoms with Crippen molar-refractivity contribution >= 4 is 23.2 Å². The van der Waals surface area contributed by atoms with Crippen LogP contribution < -0.4 is 16.2 Å². The molecule has 2 amide bonds. The van der Waals surface area contributed by atoms with E-state index in [0.717, 1.165) is 11.1 Å².